The molecule has 1 aromatic rings. The molecule has 1 saturated heterocycles. The van der Waals surface area contributed by atoms with E-state index < -0.39 is 0 Å². The maximum absolute atomic E-state index is 8.62. The lowest BCUT2D eigenvalue weighted by molar-refractivity contribution is 0.370. The van der Waals surface area contributed by atoms with Crippen molar-refractivity contribution in [2.45, 2.75) is 32.0 Å². The highest BCUT2D eigenvalue weighted by molar-refractivity contribution is 5.31. The second-order valence-electron chi connectivity index (χ2n) is 3.73. The summed E-state index contributed by atoms with van der Waals surface area (Å²) >= 11 is 0. The second kappa shape index (κ2) is 3.81. The zero-order chi connectivity index (χ0) is 9.97. The smallest absolute Gasteiger partial charge is 0.0991 e. The third-order valence-corrected chi connectivity index (χ3v) is 2.64. The molecule has 2 nitrogen and oxygen atoms in total. The van der Waals surface area contributed by atoms with Crippen LogP contribution in [0.5, 0.6) is 0 Å². The molecule has 0 N–H and O–H groups in total. The van der Waals surface area contributed by atoms with Crippen molar-refractivity contribution in [2.75, 3.05) is 0 Å². The molecule has 0 aliphatic carbocycles. The van der Waals surface area contributed by atoms with Crippen molar-refractivity contribution in [1.82, 2.24) is 0 Å². The molecule has 0 bridgehead atoms. The lowest BCUT2D eigenvalue weighted by Crippen LogP contribution is -1.93. The number of nitrogens with zero attached hydrogens (tertiary/aromatic N) is 1. The highest BCUT2D eigenvalue weighted by Gasteiger charge is 2.32. The van der Waals surface area contributed by atoms with Gasteiger partial charge in [0.2, 0.25) is 0 Å². The molecule has 72 valence electrons. The highest BCUT2D eigenvalue weighted by Crippen LogP contribution is 2.25. The quantitative estimate of drug-likeness (QED) is 0.680. The van der Waals surface area contributed by atoms with Gasteiger partial charge in [0, 0.05) is 0 Å². The van der Waals surface area contributed by atoms with Crippen LogP contribution in [0.1, 0.15) is 24.5 Å². The van der Waals surface area contributed by atoms with Gasteiger partial charge in [-0.2, -0.15) is 5.26 Å². The van der Waals surface area contributed by atoms with Gasteiger partial charge in [0.05, 0.1) is 23.8 Å². The number of epoxide rings is 1. The SMILES string of the molecule is CC1OC1CCc1ccc(C#N)cc1. The fraction of sp³-hybridized carbons (Fsp3) is 0.417. The number of nitriles is 1. The van der Waals surface area contributed by atoms with Crippen LogP contribution in [-0.4, -0.2) is 12.2 Å². The second-order valence-corrected chi connectivity index (χ2v) is 3.73. The number of hydrogen-bond acceptors (Lipinski definition) is 2. The van der Waals surface area contributed by atoms with E-state index in [1.807, 2.05) is 24.3 Å². The summed E-state index contributed by atoms with van der Waals surface area (Å²) in [7, 11) is 0. The first kappa shape index (κ1) is 9.23. The Morgan fingerprint density at radius 1 is 1.36 bits per heavy atom. The van der Waals surface area contributed by atoms with Crippen LogP contribution in [0.3, 0.4) is 0 Å². The van der Waals surface area contributed by atoms with Gasteiger partial charge in [-0.05, 0) is 37.5 Å². The molecule has 2 atom stereocenters. The lowest BCUT2D eigenvalue weighted by Gasteiger charge is -1.98. The Kier molecular flexibility index (Phi) is 2.51. The minimum absolute atomic E-state index is 0.452. The summed E-state index contributed by atoms with van der Waals surface area (Å²) in [6, 6.07) is 9.89. The molecule has 1 aromatic carbocycles. The molecule has 0 aromatic heterocycles. The first-order valence-corrected chi connectivity index (χ1v) is 4.94. The molecule has 1 aliphatic heterocycles. The zero-order valence-electron chi connectivity index (χ0n) is 8.23. The number of benzene rings is 1. The Hall–Kier alpha value is -1.33. The van der Waals surface area contributed by atoms with Crippen molar-refractivity contribution in [3.05, 3.63) is 35.4 Å². The summed E-state index contributed by atoms with van der Waals surface area (Å²) in [4.78, 5) is 0. The first-order valence-electron chi connectivity index (χ1n) is 4.94. The zero-order valence-corrected chi connectivity index (χ0v) is 8.23. The predicted molar refractivity (Wildman–Crippen MR) is 53.8 cm³/mol. The fourth-order valence-corrected chi connectivity index (χ4v) is 1.59. The van der Waals surface area contributed by atoms with Gasteiger partial charge in [-0.3, -0.25) is 0 Å². The number of hydrogen-bond donors (Lipinski definition) is 0. The maximum atomic E-state index is 8.62. The Bertz CT molecular complexity index is 350. The highest BCUT2D eigenvalue weighted by atomic mass is 16.6. The van der Waals surface area contributed by atoms with E-state index in [-0.39, 0.29) is 0 Å². The molecule has 0 radical (unpaired) electrons. The molecule has 0 amide bonds. The average molecular weight is 187 g/mol. The van der Waals surface area contributed by atoms with Gasteiger partial charge >= 0.3 is 0 Å². The summed E-state index contributed by atoms with van der Waals surface area (Å²) in [5.41, 5.74) is 2.01. The van der Waals surface area contributed by atoms with Crippen molar-refractivity contribution in [3.63, 3.8) is 0 Å². The molecule has 2 rings (SSSR count). The predicted octanol–water partition coefficient (Wildman–Crippen LogP) is 2.28. The van der Waals surface area contributed by atoms with Crippen molar-refractivity contribution in [3.8, 4) is 6.07 Å². The minimum atomic E-state index is 0.452. The van der Waals surface area contributed by atoms with E-state index in [0.29, 0.717) is 12.2 Å². The van der Waals surface area contributed by atoms with E-state index in [4.69, 9.17) is 10.00 Å². The van der Waals surface area contributed by atoms with Crippen LogP contribution in [0, 0.1) is 11.3 Å². The summed E-state index contributed by atoms with van der Waals surface area (Å²) in [6.07, 6.45) is 3.05. The van der Waals surface area contributed by atoms with Crippen LogP contribution in [-0.2, 0) is 11.2 Å². The van der Waals surface area contributed by atoms with Gasteiger partial charge in [0.15, 0.2) is 0 Å². The summed E-state index contributed by atoms with van der Waals surface area (Å²) in [5.74, 6) is 0. The molecule has 1 fully saturated rings. The monoisotopic (exact) mass is 187 g/mol. The van der Waals surface area contributed by atoms with Gasteiger partial charge in [0.1, 0.15) is 0 Å². The molecule has 2 unspecified atom stereocenters. The van der Waals surface area contributed by atoms with Gasteiger partial charge in [-0.15, -0.1) is 0 Å². The van der Waals surface area contributed by atoms with Gasteiger partial charge < -0.3 is 4.74 Å². The topological polar surface area (TPSA) is 36.3 Å². The molecule has 0 saturated carbocycles. The number of rotatable bonds is 3. The summed E-state index contributed by atoms with van der Waals surface area (Å²) in [6.45, 7) is 2.10. The van der Waals surface area contributed by atoms with Crippen molar-refractivity contribution in [2.24, 2.45) is 0 Å². The summed E-state index contributed by atoms with van der Waals surface area (Å²) < 4.78 is 5.33. The van der Waals surface area contributed by atoms with Crippen LogP contribution in [0.25, 0.3) is 0 Å². The molecular formula is C12H13NO. The number of ether oxygens (including phenoxy) is 1. The van der Waals surface area contributed by atoms with Crippen LogP contribution < -0.4 is 0 Å². The van der Waals surface area contributed by atoms with E-state index in [2.05, 4.69) is 13.0 Å². The third kappa shape index (κ3) is 2.12. The Labute approximate surface area is 84.1 Å². The van der Waals surface area contributed by atoms with Crippen molar-refractivity contribution in [1.29, 1.82) is 5.26 Å². The molecule has 0 spiro atoms. The van der Waals surface area contributed by atoms with E-state index in [0.717, 1.165) is 18.4 Å². The van der Waals surface area contributed by atoms with Gasteiger partial charge in [-0.25, -0.2) is 0 Å². The molecule has 1 aliphatic rings. The van der Waals surface area contributed by atoms with Crippen LogP contribution in [0.2, 0.25) is 0 Å². The van der Waals surface area contributed by atoms with Gasteiger partial charge in [-0.1, -0.05) is 12.1 Å². The summed E-state index contributed by atoms with van der Waals surface area (Å²) in [5, 5.41) is 8.62. The molecule has 1 heterocycles. The van der Waals surface area contributed by atoms with Crippen molar-refractivity contribution >= 4 is 0 Å². The van der Waals surface area contributed by atoms with E-state index >= 15 is 0 Å². The third-order valence-electron chi connectivity index (χ3n) is 2.64. The number of aryl methyl sites for hydroxylation is 1. The Morgan fingerprint density at radius 3 is 2.50 bits per heavy atom. The van der Waals surface area contributed by atoms with Crippen LogP contribution in [0.4, 0.5) is 0 Å². The largest absolute Gasteiger partial charge is 0.370 e. The Balaban J connectivity index is 1.87. The Morgan fingerprint density at radius 2 is 2.00 bits per heavy atom. The minimum Gasteiger partial charge on any atom is -0.370 e. The van der Waals surface area contributed by atoms with Crippen LogP contribution >= 0.6 is 0 Å². The molecule has 2 heteroatoms. The molecular weight excluding hydrogens is 174 g/mol. The van der Waals surface area contributed by atoms with Crippen molar-refractivity contribution < 1.29 is 4.74 Å². The fourth-order valence-electron chi connectivity index (χ4n) is 1.59. The van der Waals surface area contributed by atoms with E-state index in [1.165, 1.54) is 5.56 Å². The first-order chi connectivity index (χ1) is 6.79. The maximum Gasteiger partial charge on any atom is 0.0991 e. The lowest BCUT2D eigenvalue weighted by atomic mass is 10.1. The average Bonchev–Trinajstić information content (AvgIpc) is 2.92. The standard InChI is InChI=1S/C12H13NO/c1-9-12(14-9)7-6-10-2-4-11(8-13)5-3-10/h2-5,9,12H,6-7H2,1H3. The molecule has 14 heavy (non-hydrogen) atoms. The van der Waals surface area contributed by atoms with E-state index in [9.17, 15) is 0 Å². The van der Waals surface area contributed by atoms with Gasteiger partial charge in [0.25, 0.3) is 0 Å². The van der Waals surface area contributed by atoms with Crippen LogP contribution in [0.15, 0.2) is 24.3 Å². The normalized spacial score (nSPS) is 24.3. The van der Waals surface area contributed by atoms with E-state index in [1.54, 1.807) is 0 Å².